The Morgan fingerprint density at radius 2 is 1.85 bits per heavy atom. The molecule has 0 aliphatic rings. The highest BCUT2D eigenvalue weighted by atomic mass is 79.9. The maximum atomic E-state index is 9.70. The van der Waals surface area contributed by atoms with Crippen molar-refractivity contribution in [2.24, 2.45) is 0 Å². The van der Waals surface area contributed by atoms with Crippen LogP contribution < -0.4 is 5.32 Å². The molecule has 0 aromatic heterocycles. The minimum atomic E-state index is 0.0817. The molecule has 2 N–H and O–H groups in total. The van der Waals surface area contributed by atoms with Gasteiger partial charge in [0.15, 0.2) is 0 Å². The third kappa shape index (κ3) is 3.28. The molecule has 0 radical (unpaired) electrons. The minimum Gasteiger partial charge on any atom is -0.508 e. The van der Waals surface area contributed by atoms with Gasteiger partial charge in [-0.15, -0.1) is 0 Å². The summed E-state index contributed by atoms with van der Waals surface area (Å²) in [7, 11) is 0. The van der Waals surface area contributed by atoms with Crippen LogP contribution in [0.25, 0.3) is 0 Å². The van der Waals surface area contributed by atoms with E-state index in [0.717, 1.165) is 31.9 Å². The van der Waals surface area contributed by atoms with E-state index < -0.39 is 0 Å². The zero-order valence-electron chi connectivity index (χ0n) is 11.7. The quantitative estimate of drug-likeness (QED) is 0.703. The summed E-state index contributed by atoms with van der Waals surface area (Å²) in [4.78, 5) is 0. The van der Waals surface area contributed by atoms with Gasteiger partial charge in [0.05, 0.1) is 6.04 Å². The van der Waals surface area contributed by atoms with E-state index >= 15 is 0 Å². The summed E-state index contributed by atoms with van der Waals surface area (Å²) < 4.78 is 0.968. The first kappa shape index (κ1) is 15.2. The molecule has 0 spiro atoms. The molecular weight excluding hydrogens is 338 g/mol. The van der Waals surface area contributed by atoms with Crippen LogP contribution in [0.4, 0.5) is 5.69 Å². The van der Waals surface area contributed by atoms with Gasteiger partial charge in [-0.1, -0.05) is 33.6 Å². The number of hydrogen-bond donors (Lipinski definition) is 2. The van der Waals surface area contributed by atoms with Crippen molar-refractivity contribution < 1.29 is 5.11 Å². The van der Waals surface area contributed by atoms with Gasteiger partial charge in [0.1, 0.15) is 5.75 Å². The lowest BCUT2D eigenvalue weighted by Gasteiger charge is -2.19. The predicted octanol–water partition coefficient (Wildman–Crippen LogP) is 5.60. The number of aryl methyl sites for hydroxylation is 2. The lowest BCUT2D eigenvalue weighted by atomic mass is 10.1. The number of phenolic OH excluding ortho intramolecular Hbond substituents is 1. The summed E-state index contributed by atoms with van der Waals surface area (Å²) >= 11 is 9.69. The van der Waals surface area contributed by atoms with Gasteiger partial charge < -0.3 is 10.4 Å². The van der Waals surface area contributed by atoms with Gasteiger partial charge in [-0.25, -0.2) is 0 Å². The molecule has 0 aliphatic carbocycles. The van der Waals surface area contributed by atoms with Crippen molar-refractivity contribution in [1.82, 2.24) is 0 Å². The molecule has 106 valence electrons. The van der Waals surface area contributed by atoms with E-state index in [2.05, 4.69) is 28.2 Å². The molecule has 0 saturated carbocycles. The normalized spacial score (nSPS) is 12.2. The van der Waals surface area contributed by atoms with Crippen LogP contribution in [0.2, 0.25) is 5.02 Å². The van der Waals surface area contributed by atoms with Crippen molar-refractivity contribution in [3.8, 4) is 5.75 Å². The summed E-state index contributed by atoms with van der Waals surface area (Å²) in [6.45, 7) is 5.92. The highest BCUT2D eigenvalue weighted by molar-refractivity contribution is 9.10. The molecule has 2 rings (SSSR count). The molecule has 1 atom stereocenters. The van der Waals surface area contributed by atoms with E-state index in [1.807, 2.05) is 38.1 Å². The third-order valence-corrected chi connectivity index (χ3v) is 4.16. The summed E-state index contributed by atoms with van der Waals surface area (Å²) in [6.07, 6.45) is 0. The second-order valence-corrected chi connectivity index (χ2v) is 6.31. The van der Waals surface area contributed by atoms with Crippen molar-refractivity contribution in [2.75, 3.05) is 5.32 Å². The largest absolute Gasteiger partial charge is 0.508 e. The Bertz CT molecular complexity index is 643. The fraction of sp³-hybridized carbons (Fsp3) is 0.250. The average molecular weight is 355 g/mol. The van der Waals surface area contributed by atoms with Gasteiger partial charge in [0.25, 0.3) is 0 Å². The lowest BCUT2D eigenvalue weighted by molar-refractivity contribution is 0.470. The van der Waals surface area contributed by atoms with Crippen LogP contribution in [0.1, 0.15) is 29.7 Å². The van der Waals surface area contributed by atoms with Gasteiger partial charge in [-0.3, -0.25) is 0 Å². The maximum Gasteiger partial charge on any atom is 0.118 e. The van der Waals surface area contributed by atoms with Crippen molar-refractivity contribution in [3.63, 3.8) is 0 Å². The van der Waals surface area contributed by atoms with Crippen LogP contribution in [0.3, 0.4) is 0 Å². The Hall–Kier alpha value is -1.19. The summed E-state index contributed by atoms with van der Waals surface area (Å²) in [6, 6.07) is 9.69. The van der Waals surface area contributed by atoms with Crippen LogP contribution in [-0.4, -0.2) is 5.11 Å². The van der Waals surface area contributed by atoms with Crippen LogP contribution in [-0.2, 0) is 0 Å². The SMILES string of the molecule is Cc1cc(NC(C)c2ccc(Br)cc2Cl)c(C)cc1O. The molecule has 0 fully saturated rings. The Morgan fingerprint density at radius 1 is 1.15 bits per heavy atom. The molecule has 1 unspecified atom stereocenters. The monoisotopic (exact) mass is 353 g/mol. The zero-order chi connectivity index (χ0) is 14.9. The van der Waals surface area contributed by atoms with Gasteiger partial charge >= 0.3 is 0 Å². The van der Waals surface area contributed by atoms with E-state index in [1.165, 1.54) is 0 Å². The number of nitrogens with one attached hydrogen (secondary N) is 1. The molecule has 20 heavy (non-hydrogen) atoms. The molecule has 0 heterocycles. The highest BCUT2D eigenvalue weighted by Crippen LogP contribution is 2.31. The van der Waals surface area contributed by atoms with Crippen molar-refractivity contribution in [3.05, 3.63) is 56.5 Å². The number of aromatic hydroxyl groups is 1. The highest BCUT2D eigenvalue weighted by Gasteiger charge is 2.12. The van der Waals surface area contributed by atoms with E-state index in [1.54, 1.807) is 6.07 Å². The number of halogens is 2. The Labute approximate surface area is 132 Å². The molecule has 2 nitrogen and oxygen atoms in total. The Morgan fingerprint density at radius 3 is 2.50 bits per heavy atom. The Kier molecular flexibility index (Phi) is 4.61. The first-order valence-corrected chi connectivity index (χ1v) is 7.57. The van der Waals surface area contributed by atoms with E-state index in [0.29, 0.717) is 5.75 Å². The first-order chi connectivity index (χ1) is 9.38. The van der Waals surface area contributed by atoms with E-state index in [-0.39, 0.29) is 6.04 Å². The maximum absolute atomic E-state index is 9.70. The topological polar surface area (TPSA) is 32.3 Å². The van der Waals surface area contributed by atoms with Gasteiger partial charge in [0.2, 0.25) is 0 Å². The molecule has 0 amide bonds. The summed E-state index contributed by atoms with van der Waals surface area (Å²) in [5.41, 5.74) is 3.91. The second kappa shape index (κ2) is 6.06. The molecule has 4 heteroatoms. The zero-order valence-corrected chi connectivity index (χ0v) is 14.0. The van der Waals surface area contributed by atoms with Crippen molar-refractivity contribution in [1.29, 1.82) is 0 Å². The van der Waals surface area contributed by atoms with Gasteiger partial charge in [-0.05, 0) is 61.7 Å². The molecule has 0 bridgehead atoms. The molecule has 0 aliphatic heterocycles. The second-order valence-electron chi connectivity index (χ2n) is 4.99. The number of anilines is 1. The van der Waals surface area contributed by atoms with Crippen LogP contribution in [0, 0.1) is 13.8 Å². The summed E-state index contributed by atoms with van der Waals surface area (Å²) in [5.74, 6) is 0.322. The number of hydrogen-bond acceptors (Lipinski definition) is 2. The third-order valence-electron chi connectivity index (χ3n) is 3.34. The number of phenols is 1. The van der Waals surface area contributed by atoms with Gasteiger partial charge in [-0.2, -0.15) is 0 Å². The number of rotatable bonds is 3. The molecule has 2 aromatic rings. The molecule has 0 saturated heterocycles. The van der Waals surface area contributed by atoms with Gasteiger partial charge in [0, 0.05) is 15.2 Å². The van der Waals surface area contributed by atoms with E-state index in [4.69, 9.17) is 11.6 Å². The fourth-order valence-corrected chi connectivity index (χ4v) is 2.96. The predicted molar refractivity (Wildman–Crippen MR) is 88.8 cm³/mol. The van der Waals surface area contributed by atoms with Crippen LogP contribution in [0.15, 0.2) is 34.8 Å². The van der Waals surface area contributed by atoms with Crippen LogP contribution in [0.5, 0.6) is 5.75 Å². The molecular formula is C16H17BrClNO. The minimum absolute atomic E-state index is 0.0817. The fourth-order valence-electron chi connectivity index (χ4n) is 2.12. The standard InChI is InChI=1S/C16H17BrClNO/c1-9-7-16(20)10(2)6-15(9)19-11(3)13-5-4-12(17)8-14(13)18/h4-8,11,19-20H,1-3H3. The molecule has 2 aromatic carbocycles. The number of benzene rings is 2. The average Bonchev–Trinajstić information content (AvgIpc) is 2.35. The Balaban J connectivity index is 2.27. The first-order valence-electron chi connectivity index (χ1n) is 6.40. The lowest BCUT2D eigenvalue weighted by Crippen LogP contribution is -2.08. The summed E-state index contributed by atoms with van der Waals surface area (Å²) in [5, 5.41) is 13.9. The smallest absolute Gasteiger partial charge is 0.118 e. The van der Waals surface area contributed by atoms with E-state index in [9.17, 15) is 5.11 Å². The van der Waals surface area contributed by atoms with Crippen molar-refractivity contribution in [2.45, 2.75) is 26.8 Å². The van der Waals surface area contributed by atoms with Crippen LogP contribution >= 0.6 is 27.5 Å². The van der Waals surface area contributed by atoms with Crippen molar-refractivity contribution >= 4 is 33.2 Å².